The third-order valence-electron chi connectivity index (χ3n) is 8.01. The van der Waals surface area contributed by atoms with Crippen LogP contribution in [0.2, 0.25) is 0 Å². The first-order valence-corrected chi connectivity index (χ1v) is 12.7. The summed E-state index contributed by atoms with van der Waals surface area (Å²) in [6.07, 6.45) is 4.50. The van der Waals surface area contributed by atoms with Crippen LogP contribution in [-0.4, -0.2) is 65.2 Å². The van der Waals surface area contributed by atoms with Crippen molar-refractivity contribution < 1.29 is 14.4 Å². The number of hydrogen-bond acceptors (Lipinski definition) is 8. The highest BCUT2D eigenvalue weighted by Crippen LogP contribution is 2.43. The number of benzene rings is 1. The van der Waals surface area contributed by atoms with Crippen LogP contribution in [0.3, 0.4) is 0 Å². The standard InChI is InChI=1S/C27H36N6O3/c1-18(2)23-12-24(31-36-23)27(25(35)33-16-26(17-33)14-30-15-26)7-9-32(10-8-27)19(13-28)11-21(29)20-5-3-4-6-22(20)34/h3-6,11-13,18,30,34H,7-10,14-17,28-29H2,1-2H3/b19-13+,21-11-. The van der Waals surface area contributed by atoms with Crippen molar-refractivity contribution in [2.45, 2.75) is 38.0 Å². The Morgan fingerprint density at radius 1 is 1.19 bits per heavy atom. The van der Waals surface area contributed by atoms with Crippen LogP contribution in [0.25, 0.3) is 5.70 Å². The number of phenols is 1. The first kappa shape index (κ1) is 24.2. The van der Waals surface area contributed by atoms with E-state index in [1.54, 1.807) is 24.3 Å². The quantitative estimate of drug-likeness (QED) is 0.450. The molecule has 3 aliphatic rings. The molecule has 0 unspecified atom stereocenters. The number of carbonyl (C=O) groups excluding carboxylic acids is 1. The second kappa shape index (κ2) is 9.20. The van der Waals surface area contributed by atoms with Gasteiger partial charge in [0.15, 0.2) is 0 Å². The molecule has 2 aromatic rings. The number of likely N-dealkylation sites (tertiary alicyclic amines) is 2. The molecule has 6 N–H and O–H groups in total. The molecule has 4 heterocycles. The minimum Gasteiger partial charge on any atom is -0.507 e. The molecule has 3 fully saturated rings. The lowest BCUT2D eigenvalue weighted by Crippen LogP contribution is -2.73. The maximum absolute atomic E-state index is 14.0. The van der Waals surface area contributed by atoms with Gasteiger partial charge in [0.25, 0.3) is 0 Å². The van der Waals surface area contributed by atoms with Gasteiger partial charge in [0.1, 0.15) is 11.5 Å². The van der Waals surface area contributed by atoms with E-state index in [-0.39, 0.29) is 23.0 Å². The number of phenolic OH excluding ortho intramolecular Hbond substituents is 1. The fourth-order valence-electron chi connectivity index (χ4n) is 5.62. The third kappa shape index (κ3) is 4.11. The number of nitrogens with zero attached hydrogens (tertiary/aromatic N) is 3. The van der Waals surface area contributed by atoms with Crippen LogP contribution in [0.1, 0.15) is 49.6 Å². The number of amides is 1. The Kier molecular flexibility index (Phi) is 6.20. The van der Waals surface area contributed by atoms with Crippen LogP contribution in [0.5, 0.6) is 5.75 Å². The molecular weight excluding hydrogens is 456 g/mol. The number of carbonyl (C=O) groups is 1. The van der Waals surface area contributed by atoms with E-state index in [0.29, 0.717) is 37.2 Å². The number of piperidine rings is 1. The van der Waals surface area contributed by atoms with Gasteiger partial charge < -0.3 is 36.2 Å². The summed E-state index contributed by atoms with van der Waals surface area (Å²) in [6, 6.07) is 8.91. The number of para-hydroxylation sites is 1. The molecule has 0 aliphatic carbocycles. The predicted octanol–water partition coefficient (Wildman–Crippen LogP) is 2.07. The summed E-state index contributed by atoms with van der Waals surface area (Å²) < 4.78 is 5.64. The number of allylic oxidation sites excluding steroid dienone is 1. The lowest BCUT2D eigenvalue weighted by Gasteiger charge is -2.58. The first-order valence-electron chi connectivity index (χ1n) is 12.7. The van der Waals surface area contributed by atoms with Crippen molar-refractivity contribution in [2.24, 2.45) is 16.9 Å². The topological polar surface area (TPSA) is 134 Å². The van der Waals surface area contributed by atoms with E-state index >= 15 is 0 Å². The lowest BCUT2D eigenvalue weighted by molar-refractivity contribution is -0.155. The van der Waals surface area contributed by atoms with Crippen molar-refractivity contribution in [2.75, 3.05) is 39.3 Å². The molecule has 9 heteroatoms. The minimum atomic E-state index is -0.724. The van der Waals surface area contributed by atoms with E-state index in [4.69, 9.17) is 16.0 Å². The molecule has 0 saturated carbocycles. The van der Waals surface area contributed by atoms with Crippen molar-refractivity contribution in [3.05, 3.63) is 65.3 Å². The molecule has 3 saturated heterocycles. The molecule has 0 radical (unpaired) electrons. The molecule has 1 aromatic carbocycles. The van der Waals surface area contributed by atoms with Crippen LogP contribution in [-0.2, 0) is 10.2 Å². The van der Waals surface area contributed by atoms with Gasteiger partial charge >= 0.3 is 0 Å². The average Bonchev–Trinajstić information content (AvgIpc) is 3.32. The van der Waals surface area contributed by atoms with Crippen LogP contribution in [0, 0.1) is 5.41 Å². The van der Waals surface area contributed by atoms with E-state index in [1.807, 2.05) is 17.0 Å². The highest BCUT2D eigenvalue weighted by Gasteiger charge is 2.55. The molecule has 1 amide bonds. The Bertz CT molecular complexity index is 1180. The minimum absolute atomic E-state index is 0.117. The van der Waals surface area contributed by atoms with Crippen LogP contribution in [0.4, 0.5) is 0 Å². The second-order valence-electron chi connectivity index (χ2n) is 10.8. The van der Waals surface area contributed by atoms with Gasteiger partial charge in [-0.15, -0.1) is 0 Å². The first-order chi connectivity index (χ1) is 17.3. The number of nitrogens with one attached hydrogen (secondary N) is 1. The monoisotopic (exact) mass is 492 g/mol. The van der Waals surface area contributed by atoms with Crippen molar-refractivity contribution >= 4 is 11.6 Å². The largest absolute Gasteiger partial charge is 0.507 e. The second-order valence-corrected chi connectivity index (χ2v) is 10.8. The highest BCUT2D eigenvalue weighted by atomic mass is 16.5. The number of nitrogens with two attached hydrogens (primary N) is 2. The highest BCUT2D eigenvalue weighted by molar-refractivity contribution is 5.89. The van der Waals surface area contributed by atoms with Gasteiger partial charge in [-0.2, -0.15) is 0 Å². The van der Waals surface area contributed by atoms with Crippen molar-refractivity contribution in [1.29, 1.82) is 0 Å². The van der Waals surface area contributed by atoms with E-state index in [2.05, 4.69) is 29.2 Å². The Morgan fingerprint density at radius 3 is 2.44 bits per heavy atom. The predicted molar refractivity (Wildman–Crippen MR) is 138 cm³/mol. The Hall–Kier alpha value is -3.46. The molecule has 1 aromatic heterocycles. The Labute approximate surface area is 211 Å². The van der Waals surface area contributed by atoms with Crippen molar-refractivity contribution in [3.8, 4) is 5.75 Å². The molecule has 36 heavy (non-hydrogen) atoms. The zero-order valence-corrected chi connectivity index (χ0v) is 21.0. The normalized spacial score (nSPS) is 21.4. The van der Waals surface area contributed by atoms with Gasteiger partial charge in [0.05, 0.1) is 16.8 Å². The van der Waals surface area contributed by atoms with Crippen LogP contribution in [0.15, 0.2) is 52.8 Å². The Balaban J connectivity index is 1.37. The summed E-state index contributed by atoms with van der Waals surface area (Å²) >= 11 is 0. The van der Waals surface area contributed by atoms with Gasteiger partial charge in [0.2, 0.25) is 5.91 Å². The molecule has 192 valence electrons. The van der Waals surface area contributed by atoms with Gasteiger partial charge in [-0.3, -0.25) is 4.79 Å². The molecule has 3 aliphatic heterocycles. The number of rotatable bonds is 6. The smallest absolute Gasteiger partial charge is 0.235 e. The third-order valence-corrected chi connectivity index (χ3v) is 8.01. The molecule has 9 nitrogen and oxygen atoms in total. The molecule has 0 bridgehead atoms. The summed E-state index contributed by atoms with van der Waals surface area (Å²) in [6.45, 7) is 8.91. The zero-order chi connectivity index (χ0) is 25.5. The van der Waals surface area contributed by atoms with Crippen molar-refractivity contribution in [3.63, 3.8) is 0 Å². The Morgan fingerprint density at radius 2 is 1.89 bits per heavy atom. The fourth-order valence-corrected chi connectivity index (χ4v) is 5.62. The summed E-state index contributed by atoms with van der Waals surface area (Å²) in [5.41, 5.74) is 14.3. The molecule has 0 atom stereocenters. The number of aromatic hydroxyl groups is 1. The van der Waals surface area contributed by atoms with E-state index in [1.165, 1.54) is 6.20 Å². The fraction of sp³-hybridized carbons (Fsp3) is 0.481. The number of hydrogen-bond donors (Lipinski definition) is 4. The summed E-state index contributed by atoms with van der Waals surface area (Å²) in [5.74, 6) is 1.25. The average molecular weight is 493 g/mol. The molecular formula is C27H36N6O3. The SMILES string of the molecule is CC(C)c1cc(C2(C(=O)N3CC4(CNC4)C3)CCN(C(/C=C(\N)c3ccccc3O)=C/N)CC2)no1. The van der Waals surface area contributed by atoms with Crippen molar-refractivity contribution in [1.82, 2.24) is 20.3 Å². The van der Waals surface area contributed by atoms with E-state index in [9.17, 15) is 9.90 Å². The summed E-state index contributed by atoms with van der Waals surface area (Å²) in [7, 11) is 0. The summed E-state index contributed by atoms with van der Waals surface area (Å²) in [4.78, 5) is 18.1. The van der Waals surface area contributed by atoms with Gasteiger partial charge in [-0.05, 0) is 31.1 Å². The van der Waals surface area contributed by atoms with Crippen LogP contribution >= 0.6 is 0 Å². The summed E-state index contributed by atoms with van der Waals surface area (Å²) in [5, 5.41) is 17.9. The van der Waals surface area contributed by atoms with E-state index < -0.39 is 5.41 Å². The zero-order valence-electron chi connectivity index (χ0n) is 21.0. The van der Waals surface area contributed by atoms with Gasteiger partial charge in [0, 0.05) is 74.1 Å². The number of aromatic nitrogens is 1. The maximum atomic E-state index is 14.0. The molecule has 1 spiro atoms. The lowest BCUT2D eigenvalue weighted by atomic mass is 9.69. The van der Waals surface area contributed by atoms with E-state index in [0.717, 1.165) is 43.3 Å². The van der Waals surface area contributed by atoms with Gasteiger partial charge in [-0.1, -0.05) is 31.1 Å². The van der Waals surface area contributed by atoms with Gasteiger partial charge in [-0.25, -0.2) is 0 Å². The maximum Gasteiger partial charge on any atom is 0.235 e. The molecule has 5 rings (SSSR count). The van der Waals surface area contributed by atoms with Crippen LogP contribution < -0.4 is 16.8 Å².